The van der Waals surface area contributed by atoms with Gasteiger partial charge in [0.25, 0.3) is 11.8 Å². The summed E-state index contributed by atoms with van der Waals surface area (Å²) in [5.74, 6) is -2.18. The van der Waals surface area contributed by atoms with E-state index in [1.165, 1.54) is 29.6 Å². The summed E-state index contributed by atoms with van der Waals surface area (Å²) < 4.78 is 4.98. The first-order valence-electron chi connectivity index (χ1n) is 7.47. The highest BCUT2D eigenvalue weighted by atomic mass is 32.1. The van der Waals surface area contributed by atoms with Crippen molar-refractivity contribution in [1.82, 2.24) is 10.9 Å². The van der Waals surface area contributed by atoms with E-state index in [0.717, 1.165) is 4.88 Å². The fourth-order valence-electron chi connectivity index (χ4n) is 1.96. The lowest BCUT2D eigenvalue weighted by Gasteiger charge is -2.08. The summed E-state index contributed by atoms with van der Waals surface area (Å²) >= 11 is 2.48. The third-order valence-corrected chi connectivity index (χ3v) is 5.27. The smallest absolute Gasteiger partial charge is 0.341 e. The summed E-state index contributed by atoms with van der Waals surface area (Å²) in [6.07, 6.45) is 0. The van der Waals surface area contributed by atoms with Gasteiger partial charge in [0, 0.05) is 11.8 Å². The first kappa shape index (κ1) is 19.6. The van der Waals surface area contributed by atoms with Gasteiger partial charge in [-0.15, -0.1) is 22.7 Å². The van der Waals surface area contributed by atoms with E-state index in [4.69, 9.17) is 4.74 Å². The molecule has 2 heterocycles. The summed E-state index contributed by atoms with van der Waals surface area (Å²) in [6, 6.07) is 3.32. The number of aryl methyl sites for hydroxylation is 1. The van der Waals surface area contributed by atoms with Crippen LogP contribution in [0.2, 0.25) is 0 Å². The first-order chi connectivity index (χ1) is 12.3. The zero-order valence-electron chi connectivity index (χ0n) is 14.3. The number of ether oxygens (including phenoxy) is 1. The van der Waals surface area contributed by atoms with E-state index in [1.807, 2.05) is 6.92 Å². The van der Waals surface area contributed by atoms with Crippen LogP contribution in [0.3, 0.4) is 0 Å². The molecule has 0 bridgehead atoms. The van der Waals surface area contributed by atoms with Crippen molar-refractivity contribution in [2.24, 2.45) is 0 Å². The number of carbonyl (C=O) groups is 4. The minimum atomic E-state index is -0.727. The van der Waals surface area contributed by atoms with Crippen molar-refractivity contribution in [3.63, 3.8) is 0 Å². The second kappa shape index (κ2) is 8.59. The van der Waals surface area contributed by atoms with Crippen LogP contribution in [0, 0.1) is 13.8 Å². The number of carbonyl (C=O) groups excluding carboxylic acids is 4. The minimum absolute atomic E-state index is 0.220. The third-order valence-electron chi connectivity index (χ3n) is 3.27. The van der Waals surface area contributed by atoms with Gasteiger partial charge in [0.1, 0.15) is 5.00 Å². The summed E-state index contributed by atoms with van der Waals surface area (Å²) in [5.41, 5.74) is 5.29. The van der Waals surface area contributed by atoms with Crippen LogP contribution in [0.15, 0.2) is 17.5 Å². The quantitative estimate of drug-likeness (QED) is 0.529. The van der Waals surface area contributed by atoms with Gasteiger partial charge in [-0.3, -0.25) is 25.2 Å². The van der Waals surface area contributed by atoms with Crippen LogP contribution in [0.25, 0.3) is 0 Å². The molecule has 3 N–H and O–H groups in total. The van der Waals surface area contributed by atoms with Crippen molar-refractivity contribution >= 4 is 51.4 Å². The number of thiophene rings is 2. The molecule has 0 saturated carbocycles. The van der Waals surface area contributed by atoms with Gasteiger partial charge in [-0.05, 0) is 30.9 Å². The average Bonchev–Trinajstić information content (AvgIpc) is 3.19. The van der Waals surface area contributed by atoms with Gasteiger partial charge < -0.3 is 10.1 Å². The molecule has 0 fully saturated rings. The van der Waals surface area contributed by atoms with Crippen LogP contribution in [-0.4, -0.2) is 30.3 Å². The number of nitrogens with one attached hydrogen (secondary N) is 3. The third kappa shape index (κ3) is 4.90. The van der Waals surface area contributed by atoms with Crippen molar-refractivity contribution in [2.75, 3.05) is 11.9 Å². The van der Waals surface area contributed by atoms with Crippen molar-refractivity contribution in [1.29, 1.82) is 0 Å². The number of rotatable bonds is 5. The maximum Gasteiger partial charge on any atom is 0.341 e. The monoisotopic (exact) mass is 395 g/mol. The maximum absolute atomic E-state index is 12.3. The molecule has 0 radical (unpaired) electrons. The zero-order valence-corrected chi connectivity index (χ0v) is 15.9. The number of hydrogen-bond acceptors (Lipinski definition) is 7. The van der Waals surface area contributed by atoms with Crippen molar-refractivity contribution in [3.05, 3.63) is 38.4 Å². The molecule has 26 heavy (non-hydrogen) atoms. The molecular formula is C16H17N3O5S2. The summed E-state index contributed by atoms with van der Waals surface area (Å²) in [7, 11) is 0. The van der Waals surface area contributed by atoms with Crippen LogP contribution in [0.4, 0.5) is 5.00 Å². The highest BCUT2D eigenvalue weighted by molar-refractivity contribution is 7.16. The van der Waals surface area contributed by atoms with E-state index in [9.17, 15) is 19.2 Å². The molecule has 0 aliphatic carbocycles. The average molecular weight is 395 g/mol. The van der Waals surface area contributed by atoms with Gasteiger partial charge >= 0.3 is 5.97 Å². The molecule has 0 aliphatic rings. The predicted molar refractivity (Wildman–Crippen MR) is 98.3 cm³/mol. The normalized spacial score (nSPS) is 10.1. The minimum Gasteiger partial charge on any atom is -0.452 e. The Bertz CT molecular complexity index is 842. The van der Waals surface area contributed by atoms with Gasteiger partial charge in [0.15, 0.2) is 6.61 Å². The van der Waals surface area contributed by atoms with E-state index in [1.54, 1.807) is 24.4 Å². The van der Waals surface area contributed by atoms with Gasteiger partial charge in [-0.1, -0.05) is 6.07 Å². The molecule has 0 spiro atoms. The predicted octanol–water partition coefficient (Wildman–Crippen LogP) is 2.00. The Morgan fingerprint density at radius 3 is 2.50 bits per heavy atom. The van der Waals surface area contributed by atoms with Crippen molar-refractivity contribution in [2.45, 2.75) is 20.8 Å². The molecule has 0 unspecified atom stereocenters. The topological polar surface area (TPSA) is 114 Å². The lowest BCUT2D eigenvalue weighted by Crippen LogP contribution is -2.43. The molecule has 2 aromatic rings. The van der Waals surface area contributed by atoms with E-state index in [0.29, 0.717) is 15.4 Å². The van der Waals surface area contributed by atoms with Crippen molar-refractivity contribution in [3.8, 4) is 0 Å². The van der Waals surface area contributed by atoms with E-state index < -0.39 is 24.4 Å². The highest BCUT2D eigenvalue weighted by Gasteiger charge is 2.22. The molecule has 0 aromatic carbocycles. The first-order valence-corrected chi connectivity index (χ1v) is 9.16. The Labute approximate surface area is 157 Å². The molecule has 0 saturated heterocycles. The lowest BCUT2D eigenvalue weighted by molar-refractivity contribution is -0.125. The summed E-state index contributed by atoms with van der Waals surface area (Å²) in [5, 5.41) is 4.69. The molecule has 0 atom stereocenters. The Kier molecular flexibility index (Phi) is 6.47. The van der Waals surface area contributed by atoms with Crippen LogP contribution in [0.5, 0.6) is 0 Å². The fraction of sp³-hybridized carbons (Fsp3) is 0.250. The van der Waals surface area contributed by atoms with Gasteiger partial charge in [0.05, 0.1) is 10.4 Å². The zero-order chi connectivity index (χ0) is 19.3. The van der Waals surface area contributed by atoms with Crippen LogP contribution in [0.1, 0.15) is 37.4 Å². The molecule has 138 valence electrons. The Balaban J connectivity index is 1.91. The number of anilines is 1. The fourth-order valence-corrected chi connectivity index (χ4v) is 3.67. The van der Waals surface area contributed by atoms with Gasteiger partial charge in [0.2, 0.25) is 5.91 Å². The standard InChI is InChI=1S/C16H17N3O5S2/c1-8-9(2)26-15(17-10(3)20)13(8)16(23)24-7-12(21)18-19-14(22)11-5-4-6-25-11/h4-6H,7H2,1-3H3,(H,17,20)(H,18,21)(H,19,22). The molecule has 8 nitrogen and oxygen atoms in total. The highest BCUT2D eigenvalue weighted by Crippen LogP contribution is 2.32. The molecule has 2 rings (SSSR count). The molecular weight excluding hydrogens is 378 g/mol. The molecule has 2 aromatic heterocycles. The van der Waals surface area contributed by atoms with E-state index in [-0.39, 0.29) is 11.5 Å². The Morgan fingerprint density at radius 2 is 1.88 bits per heavy atom. The Hall–Kier alpha value is -2.72. The second-order valence-electron chi connectivity index (χ2n) is 5.22. The summed E-state index contributed by atoms with van der Waals surface area (Å²) in [6.45, 7) is 4.31. The second-order valence-corrected chi connectivity index (χ2v) is 7.40. The van der Waals surface area contributed by atoms with Crippen LogP contribution >= 0.6 is 22.7 Å². The van der Waals surface area contributed by atoms with Crippen LogP contribution < -0.4 is 16.2 Å². The van der Waals surface area contributed by atoms with Gasteiger partial charge in [-0.25, -0.2) is 4.79 Å². The van der Waals surface area contributed by atoms with Crippen LogP contribution in [-0.2, 0) is 14.3 Å². The Morgan fingerprint density at radius 1 is 1.15 bits per heavy atom. The molecule has 0 aliphatic heterocycles. The summed E-state index contributed by atoms with van der Waals surface area (Å²) in [4.78, 5) is 48.3. The number of amides is 3. The van der Waals surface area contributed by atoms with E-state index >= 15 is 0 Å². The SMILES string of the molecule is CC(=O)Nc1sc(C)c(C)c1C(=O)OCC(=O)NNC(=O)c1cccs1. The van der Waals surface area contributed by atoms with Gasteiger partial charge in [-0.2, -0.15) is 0 Å². The van der Waals surface area contributed by atoms with E-state index in [2.05, 4.69) is 16.2 Å². The number of esters is 1. The van der Waals surface area contributed by atoms with Crippen molar-refractivity contribution < 1.29 is 23.9 Å². The molecule has 10 heteroatoms. The lowest BCUT2D eigenvalue weighted by atomic mass is 10.1. The number of hydrazine groups is 1. The number of hydrogen-bond donors (Lipinski definition) is 3. The molecule has 3 amide bonds. The maximum atomic E-state index is 12.3. The largest absolute Gasteiger partial charge is 0.452 e.